The Morgan fingerprint density at radius 1 is 1.09 bits per heavy atom. The van der Waals surface area contributed by atoms with Crippen LogP contribution in [0.2, 0.25) is 0 Å². The molecule has 3 fully saturated rings. The molecule has 0 bridgehead atoms. The Hall–Kier alpha value is -2.04. The standard InChI is InChI=1S/C28H42N2O3/c1-4-5-14-24-20-30(19-23-12-7-6-8-13-23)27(32)33-28(24)15-17-29(18-16-28)26(31)25-21(2)10-9-11-22(25)3/h9-11,23-24H,4-8,12-20H2,1-3H3. The van der Waals surface area contributed by atoms with Crippen LogP contribution >= 0.6 is 0 Å². The van der Waals surface area contributed by atoms with E-state index >= 15 is 0 Å². The molecule has 1 atom stereocenters. The van der Waals surface area contributed by atoms with Gasteiger partial charge in [-0.25, -0.2) is 4.79 Å². The molecule has 1 spiro atoms. The average Bonchev–Trinajstić information content (AvgIpc) is 2.81. The van der Waals surface area contributed by atoms with Gasteiger partial charge in [-0.15, -0.1) is 0 Å². The number of carbonyl (C=O) groups excluding carboxylic acids is 2. The summed E-state index contributed by atoms with van der Waals surface area (Å²) in [5, 5.41) is 0. The SMILES string of the molecule is CCCCC1CN(CC2CCCCC2)C(=O)OC12CCN(C(=O)c1c(C)cccc1C)CC2. The second-order valence-corrected chi connectivity index (χ2v) is 10.7. The normalized spacial score (nSPS) is 23.6. The Bertz CT molecular complexity index is 817. The van der Waals surface area contributed by atoms with Crippen molar-refractivity contribution in [3.05, 3.63) is 34.9 Å². The number of rotatable bonds is 6. The van der Waals surface area contributed by atoms with Gasteiger partial charge in [0.25, 0.3) is 5.91 Å². The number of benzene rings is 1. The first-order valence-electron chi connectivity index (χ1n) is 13.3. The van der Waals surface area contributed by atoms with Gasteiger partial charge < -0.3 is 14.5 Å². The molecule has 5 nitrogen and oxygen atoms in total. The Morgan fingerprint density at radius 3 is 2.39 bits per heavy atom. The van der Waals surface area contributed by atoms with E-state index in [1.165, 1.54) is 32.1 Å². The van der Waals surface area contributed by atoms with Gasteiger partial charge in [0.2, 0.25) is 0 Å². The molecule has 5 heteroatoms. The minimum absolute atomic E-state index is 0.117. The zero-order valence-electron chi connectivity index (χ0n) is 20.9. The van der Waals surface area contributed by atoms with Gasteiger partial charge in [-0.3, -0.25) is 4.79 Å². The fourth-order valence-corrected chi connectivity index (χ4v) is 6.37. The monoisotopic (exact) mass is 454 g/mol. The van der Waals surface area contributed by atoms with E-state index in [9.17, 15) is 9.59 Å². The van der Waals surface area contributed by atoms with Crippen LogP contribution in [0.3, 0.4) is 0 Å². The van der Waals surface area contributed by atoms with Crippen molar-refractivity contribution in [3.8, 4) is 0 Å². The molecule has 1 saturated carbocycles. The summed E-state index contributed by atoms with van der Waals surface area (Å²) in [5.74, 6) is 1.10. The van der Waals surface area contributed by atoms with Crippen molar-refractivity contribution >= 4 is 12.0 Å². The third-order valence-electron chi connectivity index (χ3n) is 8.44. The molecule has 1 aliphatic carbocycles. The third kappa shape index (κ3) is 5.22. The van der Waals surface area contributed by atoms with Gasteiger partial charge in [-0.1, -0.05) is 57.2 Å². The molecule has 4 rings (SSSR count). The van der Waals surface area contributed by atoms with Crippen LogP contribution in [-0.4, -0.2) is 53.6 Å². The molecular formula is C28H42N2O3. The molecule has 33 heavy (non-hydrogen) atoms. The first kappa shape index (κ1) is 24.1. The molecule has 2 aliphatic heterocycles. The molecular weight excluding hydrogens is 412 g/mol. The summed E-state index contributed by atoms with van der Waals surface area (Å²) in [5.41, 5.74) is 2.48. The number of unbranched alkanes of at least 4 members (excludes halogenated alkanes) is 1. The number of hydrogen-bond donors (Lipinski definition) is 0. The quantitative estimate of drug-likeness (QED) is 0.520. The predicted molar refractivity (Wildman–Crippen MR) is 131 cm³/mol. The van der Waals surface area contributed by atoms with Crippen molar-refractivity contribution in [2.75, 3.05) is 26.2 Å². The summed E-state index contributed by atoms with van der Waals surface area (Å²) in [7, 11) is 0. The number of aryl methyl sites for hydroxylation is 2. The number of carbonyl (C=O) groups is 2. The molecule has 2 heterocycles. The van der Waals surface area contributed by atoms with Crippen molar-refractivity contribution < 1.29 is 14.3 Å². The first-order valence-corrected chi connectivity index (χ1v) is 13.3. The summed E-state index contributed by atoms with van der Waals surface area (Å²) < 4.78 is 6.31. The van der Waals surface area contributed by atoms with Gasteiger partial charge in [0.1, 0.15) is 5.60 Å². The molecule has 1 aromatic rings. The van der Waals surface area contributed by atoms with Crippen LogP contribution in [0.5, 0.6) is 0 Å². The Morgan fingerprint density at radius 2 is 1.76 bits per heavy atom. The number of piperidine rings is 1. The van der Waals surface area contributed by atoms with Crippen molar-refractivity contribution in [3.63, 3.8) is 0 Å². The van der Waals surface area contributed by atoms with Crippen molar-refractivity contribution in [2.45, 2.75) is 90.6 Å². The van der Waals surface area contributed by atoms with Crippen LogP contribution in [-0.2, 0) is 4.74 Å². The fourth-order valence-electron chi connectivity index (χ4n) is 6.37. The highest BCUT2D eigenvalue weighted by atomic mass is 16.6. The summed E-state index contributed by atoms with van der Waals surface area (Å²) in [6.07, 6.45) is 11.2. The maximum Gasteiger partial charge on any atom is 0.410 e. The topological polar surface area (TPSA) is 49.9 Å². The summed E-state index contributed by atoms with van der Waals surface area (Å²) >= 11 is 0. The lowest BCUT2D eigenvalue weighted by atomic mass is 9.75. The Labute approximate surface area is 199 Å². The van der Waals surface area contributed by atoms with Crippen LogP contribution in [0.15, 0.2) is 18.2 Å². The highest BCUT2D eigenvalue weighted by molar-refractivity contribution is 5.97. The summed E-state index contributed by atoms with van der Waals surface area (Å²) in [4.78, 5) is 30.4. The molecule has 1 aromatic carbocycles. The molecule has 182 valence electrons. The van der Waals surface area contributed by atoms with Crippen molar-refractivity contribution in [2.24, 2.45) is 11.8 Å². The second-order valence-electron chi connectivity index (χ2n) is 10.7. The predicted octanol–water partition coefficient (Wildman–Crippen LogP) is 6.12. The zero-order valence-corrected chi connectivity index (χ0v) is 20.9. The highest BCUT2D eigenvalue weighted by Gasteiger charge is 2.50. The maximum atomic E-state index is 13.3. The lowest BCUT2D eigenvalue weighted by Crippen LogP contribution is -2.61. The summed E-state index contributed by atoms with van der Waals surface area (Å²) in [6.45, 7) is 9.24. The van der Waals surface area contributed by atoms with Gasteiger partial charge in [0, 0.05) is 50.5 Å². The number of nitrogens with zero attached hydrogens (tertiary/aromatic N) is 2. The van der Waals surface area contributed by atoms with Gasteiger partial charge in [-0.05, 0) is 50.2 Å². The third-order valence-corrected chi connectivity index (χ3v) is 8.44. The molecule has 2 amide bonds. The van der Waals surface area contributed by atoms with Gasteiger partial charge in [0.15, 0.2) is 0 Å². The van der Waals surface area contributed by atoms with Crippen molar-refractivity contribution in [1.82, 2.24) is 9.80 Å². The van der Waals surface area contributed by atoms with E-state index in [0.717, 1.165) is 61.9 Å². The molecule has 3 aliphatic rings. The lowest BCUT2D eigenvalue weighted by Gasteiger charge is -2.51. The summed E-state index contributed by atoms with van der Waals surface area (Å²) in [6, 6.07) is 6.03. The van der Waals surface area contributed by atoms with E-state index < -0.39 is 5.60 Å². The fraction of sp³-hybridized carbons (Fsp3) is 0.714. The second kappa shape index (κ2) is 10.5. The van der Waals surface area contributed by atoms with E-state index in [1.807, 2.05) is 41.8 Å². The number of ether oxygens (including phenoxy) is 1. The van der Waals surface area contributed by atoms with Crippen LogP contribution in [0.1, 0.15) is 92.6 Å². The van der Waals surface area contributed by atoms with Gasteiger partial charge >= 0.3 is 6.09 Å². The van der Waals surface area contributed by atoms with Crippen LogP contribution < -0.4 is 0 Å². The number of hydrogen-bond acceptors (Lipinski definition) is 3. The highest BCUT2D eigenvalue weighted by Crippen LogP contribution is 2.41. The molecule has 2 saturated heterocycles. The van der Waals surface area contributed by atoms with E-state index in [1.54, 1.807) is 0 Å². The molecule has 0 N–H and O–H groups in total. The maximum absolute atomic E-state index is 13.3. The van der Waals surface area contributed by atoms with E-state index in [2.05, 4.69) is 6.92 Å². The average molecular weight is 455 g/mol. The van der Waals surface area contributed by atoms with E-state index in [-0.39, 0.29) is 12.0 Å². The largest absolute Gasteiger partial charge is 0.442 e. The lowest BCUT2D eigenvalue weighted by molar-refractivity contribution is -0.119. The van der Waals surface area contributed by atoms with Gasteiger partial charge in [0.05, 0.1) is 0 Å². The van der Waals surface area contributed by atoms with Crippen molar-refractivity contribution in [1.29, 1.82) is 0 Å². The molecule has 0 aromatic heterocycles. The smallest absolute Gasteiger partial charge is 0.410 e. The van der Waals surface area contributed by atoms with E-state index in [4.69, 9.17) is 4.74 Å². The zero-order chi connectivity index (χ0) is 23.4. The molecule has 1 unspecified atom stereocenters. The molecule has 0 radical (unpaired) electrons. The van der Waals surface area contributed by atoms with Gasteiger partial charge in [-0.2, -0.15) is 0 Å². The Kier molecular flexibility index (Phi) is 7.65. The van der Waals surface area contributed by atoms with Crippen LogP contribution in [0.4, 0.5) is 4.79 Å². The number of likely N-dealkylation sites (tertiary alicyclic amines) is 1. The minimum atomic E-state index is -0.410. The minimum Gasteiger partial charge on any atom is -0.442 e. The van der Waals surface area contributed by atoms with Crippen LogP contribution in [0.25, 0.3) is 0 Å². The van der Waals surface area contributed by atoms with Crippen LogP contribution in [0, 0.1) is 25.7 Å². The van der Waals surface area contributed by atoms with E-state index in [0.29, 0.717) is 24.9 Å². The Balaban J connectivity index is 1.44. The number of amides is 2. The first-order chi connectivity index (χ1) is 15.9.